The molecule has 2 N–H and O–H groups in total. The lowest BCUT2D eigenvalue weighted by molar-refractivity contribution is 0.0352. The zero-order chi connectivity index (χ0) is 18.8. The van der Waals surface area contributed by atoms with Crippen LogP contribution in [0.15, 0.2) is 36.9 Å². The molecule has 1 aromatic carbocycles. The van der Waals surface area contributed by atoms with Crippen LogP contribution in [0.5, 0.6) is 5.75 Å². The number of aromatic nitrogens is 2. The van der Waals surface area contributed by atoms with Gasteiger partial charge in [0.05, 0.1) is 19.5 Å². The van der Waals surface area contributed by atoms with Crippen molar-refractivity contribution < 1.29 is 14.9 Å². The van der Waals surface area contributed by atoms with Crippen LogP contribution in [0.1, 0.15) is 51.0 Å². The van der Waals surface area contributed by atoms with Crippen molar-refractivity contribution in [2.75, 3.05) is 13.2 Å². The molecule has 0 radical (unpaired) electrons. The maximum atomic E-state index is 11.0. The summed E-state index contributed by atoms with van der Waals surface area (Å²) in [5.41, 5.74) is -0.438. The highest BCUT2D eigenvalue weighted by Gasteiger charge is 2.28. The monoisotopic (exact) mass is 380 g/mol. The number of rotatable bonds is 12. The average molecular weight is 381 g/mol. The summed E-state index contributed by atoms with van der Waals surface area (Å²) < 4.78 is 7.77. The molecule has 0 aliphatic heterocycles. The van der Waals surface area contributed by atoms with Gasteiger partial charge in [-0.15, -0.1) is 0 Å². The first kappa shape index (κ1) is 20.7. The van der Waals surface area contributed by atoms with Gasteiger partial charge in [0.1, 0.15) is 11.4 Å². The van der Waals surface area contributed by atoms with Crippen molar-refractivity contribution in [2.45, 2.75) is 57.6 Å². The number of ether oxygens (including phenoxy) is 1. The first-order valence-corrected chi connectivity index (χ1v) is 9.62. The maximum Gasteiger partial charge on any atom is 0.125 e. The zero-order valence-electron chi connectivity index (χ0n) is 15.4. The number of imidazole rings is 1. The van der Waals surface area contributed by atoms with Gasteiger partial charge in [-0.1, -0.05) is 37.3 Å². The van der Waals surface area contributed by atoms with Crippen LogP contribution in [0.3, 0.4) is 0 Å². The Labute approximate surface area is 160 Å². The molecule has 1 aromatic heterocycles. The van der Waals surface area contributed by atoms with E-state index in [0.717, 1.165) is 38.5 Å². The van der Waals surface area contributed by atoms with Crippen LogP contribution >= 0.6 is 11.6 Å². The Bertz CT molecular complexity index is 645. The number of hydrogen-bond donors (Lipinski definition) is 2. The van der Waals surface area contributed by atoms with Gasteiger partial charge < -0.3 is 19.5 Å². The largest absolute Gasteiger partial charge is 0.493 e. The number of halogens is 1. The molecule has 144 valence electrons. The van der Waals surface area contributed by atoms with Crippen molar-refractivity contribution in [3.8, 4) is 5.75 Å². The van der Waals surface area contributed by atoms with Gasteiger partial charge in [0, 0.05) is 29.6 Å². The summed E-state index contributed by atoms with van der Waals surface area (Å²) in [6.07, 6.45) is 11.5. The number of benzene rings is 1. The van der Waals surface area contributed by atoms with Gasteiger partial charge in [-0.05, 0) is 38.0 Å². The third kappa shape index (κ3) is 6.63. The standard InChI is InChI=1S/C20H29ClN2O3/c1-20(25,15-23-11-10-22-16-23)18-14-17(21)8-9-19(18)26-13-7-5-3-2-4-6-12-24/h8-11,14,16,24-25H,2-7,12-13,15H2,1H3. The molecular weight excluding hydrogens is 352 g/mol. The van der Waals surface area contributed by atoms with E-state index in [2.05, 4.69) is 4.98 Å². The fourth-order valence-corrected chi connectivity index (χ4v) is 3.15. The second kappa shape index (κ2) is 10.6. The van der Waals surface area contributed by atoms with Gasteiger partial charge in [0.2, 0.25) is 0 Å². The molecule has 1 atom stereocenters. The fourth-order valence-electron chi connectivity index (χ4n) is 2.97. The van der Waals surface area contributed by atoms with E-state index in [9.17, 15) is 5.11 Å². The Balaban J connectivity index is 1.90. The molecule has 6 heteroatoms. The molecule has 0 aliphatic rings. The van der Waals surface area contributed by atoms with Crippen LogP contribution < -0.4 is 4.74 Å². The van der Waals surface area contributed by atoms with Gasteiger partial charge in [0.15, 0.2) is 0 Å². The Morgan fingerprint density at radius 2 is 1.88 bits per heavy atom. The Morgan fingerprint density at radius 1 is 1.15 bits per heavy atom. The fraction of sp³-hybridized carbons (Fsp3) is 0.550. The molecule has 1 unspecified atom stereocenters. The van der Waals surface area contributed by atoms with Crippen molar-refractivity contribution in [2.24, 2.45) is 0 Å². The predicted octanol–water partition coefficient (Wildman–Crippen LogP) is 4.16. The summed E-state index contributed by atoms with van der Waals surface area (Å²) in [6.45, 7) is 3.01. The van der Waals surface area contributed by atoms with Gasteiger partial charge in [-0.3, -0.25) is 0 Å². The molecule has 0 bridgehead atoms. The first-order valence-electron chi connectivity index (χ1n) is 9.25. The lowest BCUT2D eigenvalue weighted by Crippen LogP contribution is -2.28. The molecule has 1 heterocycles. The normalized spacial score (nSPS) is 13.5. The van der Waals surface area contributed by atoms with E-state index in [0.29, 0.717) is 29.5 Å². The predicted molar refractivity (Wildman–Crippen MR) is 104 cm³/mol. The highest BCUT2D eigenvalue weighted by molar-refractivity contribution is 6.30. The summed E-state index contributed by atoms with van der Waals surface area (Å²) in [6, 6.07) is 5.37. The Morgan fingerprint density at radius 3 is 2.58 bits per heavy atom. The van der Waals surface area contributed by atoms with E-state index in [4.69, 9.17) is 21.4 Å². The van der Waals surface area contributed by atoms with E-state index >= 15 is 0 Å². The highest BCUT2D eigenvalue weighted by atomic mass is 35.5. The smallest absolute Gasteiger partial charge is 0.125 e. The summed E-state index contributed by atoms with van der Waals surface area (Å²) in [4.78, 5) is 4.02. The molecule has 0 amide bonds. The summed E-state index contributed by atoms with van der Waals surface area (Å²) >= 11 is 6.15. The van der Waals surface area contributed by atoms with E-state index in [-0.39, 0.29) is 6.61 Å². The number of aliphatic hydroxyl groups excluding tert-OH is 1. The second-order valence-electron chi connectivity index (χ2n) is 6.84. The minimum Gasteiger partial charge on any atom is -0.493 e. The molecule has 0 aliphatic carbocycles. The molecule has 0 saturated carbocycles. The molecule has 5 nitrogen and oxygen atoms in total. The van der Waals surface area contributed by atoms with Crippen LogP contribution in [0.25, 0.3) is 0 Å². The first-order chi connectivity index (χ1) is 12.5. The lowest BCUT2D eigenvalue weighted by atomic mass is 9.95. The minimum absolute atomic E-state index is 0.279. The quantitative estimate of drug-likeness (QED) is 0.542. The van der Waals surface area contributed by atoms with E-state index < -0.39 is 5.60 Å². The van der Waals surface area contributed by atoms with E-state index in [1.54, 1.807) is 31.6 Å². The molecular formula is C20H29ClN2O3. The molecule has 2 rings (SSSR count). The van der Waals surface area contributed by atoms with Gasteiger partial charge in [-0.2, -0.15) is 0 Å². The van der Waals surface area contributed by atoms with Crippen LogP contribution in [0.4, 0.5) is 0 Å². The zero-order valence-corrected chi connectivity index (χ0v) is 16.2. The average Bonchev–Trinajstić information content (AvgIpc) is 3.10. The van der Waals surface area contributed by atoms with Gasteiger partial charge in [-0.25, -0.2) is 4.98 Å². The molecule has 2 aromatic rings. The topological polar surface area (TPSA) is 67.5 Å². The second-order valence-corrected chi connectivity index (χ2v) is 7.28. The Hall–Kier alpha value is -1.56. The molecule has 0 saturated heterocycles. The van der Waals surface area contributed by atoms with Gasteiger partial charge in [0.25, 0.3) is 0 Å². The van der Waals surface area contributed by atoms with E-state index in [1.807, 2.05) is 16.8 Å². The molecule has 26 heavy (non-hydrogen) atoms. The minimum atomic E-state index is -1.12. The molecule has 0 spiro atoms. The number of hydrogen-bond acceptors (Lipinski definition) is 4. The number of nitrogens with zero attached hydrogens (tertiary/aromatic N) is 2. The van der Waals surface area contributed by atoms with Gasteiger partial charge >= 0.3 is 0 Å². The van der Waals surface area contributed by atoms with Crippen LogP contribution in [0.2, 0.25) is 5.02 Å². The van der Waals surface area contributed by atoms with Crippen LogP contribution in [-0.2, 0) is 12.1 Å². The van der Waals surface area contributed by atoms with Crippen LogP contribution in [-0.4, -0.2) is 33.0 Å². The summed E-state index contributed by atoms with van der Waals surface area (Å²) in [5.74, 6) is 0.666. The Kier molecular flexibility index (Phi) is 8.42. The van der Waals surface area contributed by atoms with Crippen molar-refractivity contribution in [3.63, 3.8) is 0 Å². The molecule has 0 fully saturated rings. The van der Waals surface area contributed by atoms with Crippen molar-refractivity contribution in [3.05, 3.63) is 47.5 Å². The number of aliphatic hydroxyl groups is 2. The summed E-state index contributed by atoms with van der Waals surface area (Å²) in [7, 11) is 0. The van der Waals surface area contributed by atoms with E-state index in [1.165, 1.54) is 0 Å². The van der Waals surface area contributed by atoms with Crippen molar-refractivity contribution in [1.29, 1.82) is 0 Å². The van der Waals surface area contributed by atoms with Crippen LogP contribution in [0, 0.1) is 0 Å². The van der Waals surface area contributed by atoms with Crippen molar-refractivity contribution >= 4 is 11.6 Å². The maximum absolute atomic E-state index is 11.0. The summed E-state index contributed by atoms with van der Waals surface area (Å²) in [5, 5.41) is 20.3. The van der Waals surface area contributed by atoms with Crippen molar-refractivity contribution in [1.82, 2.24) is 9.55 Å². The highest BCUT2D eigenvalue weighted by Crippen LogP contribution is 2.33. The lowest BCUT2D eigenvalue weighted by Gasteiger charge is -2.27. The third-order valence-corrected chi connectivity index (χ3v) is 4.62. The number of unbranched alkanes of at least 4 members (excludes halogenated alkanes) is 5. The third-order valence-electron chi connectivity index (χ3n) is 4.38. The SMILES string of the molecule is CC(O)(Cn1ccnc1)c1cc(Cl)ccc1OCCCCCCCCO.